The fourth-order valence-electron chi connectivity index (χ4n) is 1.10. The van der Waals surface area contributed by atoms with Gasteiger partial charge in [-0.05, 0) is 24.6 Å². The molecular weight excluding hydrogens is 162 g/mol. The molecule has 13 heavy (non-hydrogen) atoms. The molecule has 0 heterocycles. The van der Waals surface area contributed by atoms with Crippen LogP contribution in [0.2, 0.25) is 0 Å². The quantitative estimate of drug-likeness (QED) is 0.544. The van der Waals surface area contributed by atoms with Crippen LogP contribution in [-0.4, -0.2) is 6.54 Å². The molecule has 3 heteroatoms. The van der Waals surface area contributed by atoms with Gasteiger partial charge < -0.3 is 11.1 Å². The van der Waals surface area contributed by atoms with Crippen molar-refractivity contribution >= 4 is 11.4 Å². The molecule has 0 aliphatic rings. The maximum absolute atomic E-state index is 8.34. The lowest BCUT2D eigenvalue weighted by Crippen LogP contribution is -2.03. The van der Waals surface area contributed by atoms with Gasteiger partial charge in [-0.1, -0.05) is 6.07 Å². The smallest absolute Gasteiger partial charge is 0.0640 e. The predicted octanol–water partition coefficient (Wildman–Crippen LogP) is 1.90. The van der Waals surface area contributed by atoms with Crippen LogP contribution in [0.4, 0.5) is 11.4 Å². The van der Waals surface area contributed by atoms with Crippen LogP contribution < -0.4 is 11.1 Å². The minimum Gasteiger partial charge on any atom is -0.397 e. The summed E-state index contributed by atoms with van der Waals surface area (Å²) < 4.78 is 0. The van der Waals surface area contributed by atoms with Gasteiger partial charge in [-0.25, -0.2) is 0 Å². The van der Waals surface area contributed by atoms with Crippen LogP contribution in [0.25, 0.3) is 0 Å². The Balaban J connectivity index is 2.62. The lowest BCUT2D eigenvalue weighted by atomic mass is 10.2. The van der Waals surface area contributed by atoms with Crippen molar-refractivity contribution in [3.8, 4) is 6.07 Å². The molecule has 0 saturated heterocycles. The first-order chi connectivity index (χ1) is 6.24. The first-order valence-corrected chi connectivity index (χ1v) is 4.21. The predicted molar refractivity (Wildman–Crippen MR) is 54.3 cm³/mol. The molecule has 0 amide bonds. The molecular formula is C10H13N3. The highest BCUT2D eigenvalue weighted by atomic mass is 14.9. The Hall–Kier alpha value is -1.69. The number of anilines is 2. The molecule has 3 N–H and O–H groups in total. The minimum absolute atomic E-state index is 0.493. The van der Waals surface area contributed by atoms with Crippen LogP contribution in [-0.2, 0) is 0 Å². The van der Waals surface area contributed by atoms with Gasteiger partial charge in [0.05, 0.1) is 23.9 Å². The van der Waals surface area contributed by atoms with Gasteiger partial charge >= 0.3 is 0 Å². The summed E-state index contributed by atoms with van der Waals surface area (Å²) in [5.74, 6) is 0. The molecule has 1 rings (SSSR count). The molecule has 0 saturated carbocycles. The second-order valence-electron chi connectivity index (χ2n) is 2.93. The zero-order valence-electron chi connectivity index (χ0n) is 7.67. The van der Waals surface area contributed by atoms with E-state index in [1.807, 2.05) is 25.1 Å². The molecule has 0 unspecified atom stereocenters. The maximum atomic E-state index is 8.34. The average Bonchev–Trinajstić information content (AvgIpc) is 2.09. The minimum atomic E-state index is 0.493. The summed E-state index contributed by atoms with van der Waals surface area (Å²) in [5.41, 5.74) is 8.54. The van der Waals surface area contributed by atoms with Gasteiger partial charge in [0, 0.05) is 6.54 Å². The van der Waals surface area contributed by atoms with Gasteiger partial charge in [-0.15, -0.1) is 0 Å². The molecule has 0 radical (unpaired) electrons. The lowest BCUT2D eigenvalue weighted by molar-refractivity contribution is 1.08. The van der Waals surface area contributed by atoms with Crippen molar-refractivity contribution < 1.29 is 0 Å². The first-order valence-electron chi connectivity index (χ1n) is 4.21. The van der Waals surface area contributed by atoms with Crippen LogP contribution in [0, 0.1) is 18.3 Å². The van der Waals surface area contributed by atoms with Crippen LogP contribution in [0.1, 0.15) is 12.0 Å². The average molecular weight is 175 g/mol. The Kier molecular flexibility index (Phi) is 3.15. The number of nitrogens with two attached hydrogens (primary N) is 1. The zero-order valence-corrected chi connectivity index (χ0v) is 7.67. The van der Waals surface area contributed by atoms with Crippen molar-refractivity contribution in [3.05, 3.63) is 23.8 Å². The number of nitrogen functional groups attached to an aromatic ring is 1. The van der Waals surface area contributed by atoms with E-state index in [1.54, 1.807) is 0 Å². The Bertz CT molecular complexity index is 325. The van der Waals surface area contributed by atoms with Crippen molar-refractivity contribution in [1.82, 2.24) is 0 Å². The van der Waals surface area contributed by atoms with Crippen LogP contribution in [0.5, 0.6) is 0 Å². The highest BCUT2D eigenvalue weighted by molar-refractivity contribution is 5.66. The number of aryl methyl sites for hydroxylation is 1. The number of nitrogens with one attached hydrogen (secondary N) is 1. The standard InChI is InChI=1S/C10H13N3/c1-8-3-4-10(9(12)7-8)13-6-2-5-11/h3-4,7,13H,2,6,12H2,1H3. The number of nitriles is 1. The second kappa shape index (κ2) is 4.36. The Labute approximate surface area is 78.2 Å². The highest BCUT2D eigenvalue weighted by Gasteiger charge is 1.96. The Morgan fingerprint density at radius 2 is 2.31 bits per heavy atom. The third-order valence-electron chi connectivity index (χ3n) is 1.76. The topological polar surface area (TPSA) is 61.8 Å². The molecule has 0 atom stereocenters. The van der Waals surface area contributed by atoms with E-state index < -0.39 is 0 Å². The lowest BCUT2D eigenvalue weighted by Gasteiger charge is -2.07. The molecule has 1 aromatic rings. The van der Waals surface area contributed by atoms with Crippen LogP contribution in [0.3, 0.4) is 0 Å². The molecule has 3 nitrogen and oxygen atoms in total. The van der Waals surface area contributed by atoms with Crippen molar-refractivity contribution in [2.45, 2.75) is 13.3 Å². The van der Waals surface area contributed by atoms with E-state index in [0.29, 0.717) is 13.0 Å². The van der Waals surface area contributed by atoms with E-state index in [1.165, 1.54) is 0 Å². The zero-order chi connectivity index (χ0) is 9.68. The second-order valence-corrected chi connectivity index (χ2v) is 2.93. The van der Waals surface area contributed by atoms with E-state index in [2.05, 4.69) is 11.4 Å². The summed E-state index contributed by atoms with van der Waals surface area (Å²) in [4.78, 5) is 0. The van der Waals surface area contributed by atoms with E-state index in [-0.39, 0.29) is 0 Å². The van der Waals surface area contributed by atoms with Gasteiger partial charge in [0.25, 0.3) is 0 Å². The SMILES string of the molecule is Cc1ccc(NCCC#N)c(N)c1. The van der Waals surface area contributed by atoms with Crippen LogP contribution in [0.15, 0.2) is 18.2 Å². The fourth-order valence-corrected chi connectivity index (χ4v) is 1.10. The number of rotatable bonds is 3. The molecule has 0 aliphatic carbocycles. The largest absolute Gasteiger partial charge is 0.397 e. The van der Waals surface area contributed by atoms with E-state index in [4.69, 9.17) is 11.0 Å². The van der Waals surface area contributed by atoms with E-state index >= 15 is 0 Å². The monoisotopic (exact) mass is 175 g/mol. The van der Waals surface area contributed by atoms with Crippen molar-refractivity contribution in [1.29, 1.82) is 5.26 Å². The molecule has 0 spiro atoms. The summed E-state index contributed by atoms with van der Waals surface area (Å²) in [5, 5.41) is 11.4. The molecule has 0 aromatic heterocycles. The fraction of sp³-hybridized carbons (Fsp3) is 0.300. The van der Waals surface area contributed by atoms with Gasteiger partial charge in [-0.3, -0.25) is 0 Å². The summed E-state index contributed by atoms with van der Waals surface area (Å²) in [6.07, 6.45) is 0.493. The highest BCUT2D eigenvalue weighted by Crippen LogP contribution is 2.18. The van der Waals surface area contributed by atoms with E-state index in [0.717, 1.165) is 16.9 Å². The number of benzene rings is 1. The maximum Gasteiger partial charge on any atom is 0.0640 e. The normalized spacial score (nSPS) is 9.23. The number of hydrogen-bond acceptors (Lipinski definition) is 3. The summed E-state index contributed by atoms with van der Waals surface area (Å²) in [7, 11) is 0. The van der Waals surface area contributed by atoms with Gasteiger partial charge in [-0.2, -0.15) is 5.26 Å². The first kappa shape index (κ1) is 9.40. The van der Waals surface area contributed by atoms with Gasteiger partial charge in [0.15, 0.2) is 0 Å². The molecule has 0 fully saturated rings. The van der Waals surface area contributed by atoms with Gasteiger partial charge in [0.1, 0.15) is 0 Å². The third-order valence-corrected chi connectivity index (χ3v) is 1.76. The van der Waals surface area contributed by atoms with Crippen molar-refractivity contribution in [2.24, 2.45) is 0 Å². The Morgan fingerprint density at radius 3 is 2.92 bits per heavy atom. The number of nitrogens with zero attached hydrogens (tertiary/aromatic N) is 1. The van der Waals surface area contributed by atoms with Crippen molar-refractivity contribution in [3.63, 3.8) is 0 Å². The van der Waals surface area contributed by atoms with E-state index in [9.17, 15) is 0 Å². The molecule has 0 bridgehead atoms. The Morgan fingerprint density at radius 1 is 1.54 bits per heavy atom. The summed E-state index contributed by atoms with van der Waals surface area (Å²) in [6.45, 7) is 2.64. The molecule has 0 aliphatic heterocycles. The molecule has 1 aromatic carbocycles. The summed E-state index contributed by atoms with van der Waals surface area (Å²) >= 11 is 0. The molecule has 68 valence electrons. The van der Waals surface area contributed by atoms with Crippen molar-refractivity contribution in [2.75, 3.05) is 17.6 Å². The van der Waals surface area contributed by atoms with Gasteiger partial charge in [0.2, 0.25) is 0 Å². The number of hydrogen-bond donors (Lipinski definition) is 2. The van der Waals surface area contributed by atoms with Crippen LogP contribution >= 0.6 is 0 Å². The third kappa shape index (κ3) is 2.68. The summed E-state index contributed by atoms with van der Waals surface area (Å²) in [6, 6.07) is 7.90.